The SMILES string of the molecule is C#CCN(CC(=O)O)Cc1cc(OC)c(OC)c(OC)c1. The molecule has 0 aromatic heterocycles. The summed E-state index contributed by atoms with van der Waals surface area (Å²) in [6.45, 7) is 0.469. The number of carboxylic acids is 1. The van der Waals surface area contributed by atoms with E-state index in [1.54, 1.807) is 17.0 Å². The molecular weight excluding hydrogens is 274 g/mol. The molecule has 0 heterocycles. The first-order valence-corrected chi connectivity index (χ1v) is 6.22. The number of carbonyl (C=O) groups is 1. The highest BCUT2D eigenvalue weighted by atomic mass is 16.5. The van der Waals surface area contributed by atoms with Gasteiger partial charge in [-0.15, -0.1) is 6.42 Å². The van der Waals surface area contributed by atoms with Gasteiger partial charge >= 0.3 is 5.97 Å². The van der Waals surface area contributed by atoms with Gasteiger partial charge in [0.25, 0.3) is 0 Å². The summed E-state index contributed by atoms with van der Waals surface area (Å²) in [7, 11) is 4.57. The van der Waals surface area contributed by atoms with Gasteiger partial charge in [-0.1, -0.05) is 5.92 Å². The van der Waals surface area contributed by atoms with Gasteiger partial charge in [-0.3, -0.25) is 9.69 Å². The molecule has 0 bridgehead atoms. The second-order valence-electron chi connectivity index (χ2n) is 4.28. The summed E-state index contributed by atoms with van der Waals surface area (Å²) in [5.74, 6) is 3.04. The standard InChI is InChI=1S/C15H19NO5/c1-5-6-16(10-14(17)18)9-11-7-12(19-2)15(21-4)13(8-11)20-3/h1,7-8H,6,9-10H2,2-4H3,(H,17,18). The third kappa shape index (κ3) is 4.58. The van der Waals surface area contributed by atoms with Crippen LogP contribution in [0.5, 0.6) is 17.2 Å². The molecule has 0 atom stereocenters. The van der Waals surface area contributed by atoms with E-state index in [1.807, 2.05) is 0 Å². The van der Waals surface area contributed by atoms with Gasteiger partial charge in [0.05, 0.1) is 34.4 Å². The Morgan fingerprint density at radius 1 is 1.24 bits per heavy atom. The zero-order valence-corrected chi connectivity index (χ0v) is 12.4. The zero-order chi connectivity index (χ0) is 15.8. The molecule has 0 fully saturated rings. The number of carboxylic acid groups (broad SMARTS) is 1. The number of aliphatic carboxylic acids is 1. The van der Waals surface area contributed by atoms with Crippen molar-refractivity contribution in [3.05, 3.63) is 17.7 Å². The molecule has 0 unspecified atom stereocenters. The monoisotopic (exact) mass is 293 g/mol. The molecule has 0 saturated heterocycles. The minimum atomic E-state index is -0.933. The van der Waals surface area contributed by atoms with Crippen LogP contribution in [0.25, 0.3) is 0 Å². The van der Waals surface area contributed by atoms with Crippen LogP contribution in [0.4, 0.5) is 0 Å². The molecule has 1 aromatic rings. The van der Waals surface area contributed by atoms with Crippen molar-refractivity contribution in [2.24, 2.45) is 0 Å². The first-order valence-electron chi connectivity index (χ1n) is 6.22. The fourth-order valence-electron chi connectivity index (χ4n) is 1.97. The van der Waals surface area contributed by atoms with Gasteiger partial charge in [-0.2, -0.15) is 0 Å². The third-order valence-electron chi connectivity index (χ3n) is 2.80. The lowest BCUT2D eigenvalue weighted by Crippen LogP contribution is -2.29. The molecule has 0 radical (unpaired) electrons. The van der Waals surface area contributed by atoms with Crippen molar-refractivity contribution < 1.29 is 24.1 Å². The molecule has 0 saturated carbocycles. The summed E-state index contributed by atoms with van der Waals surface area (Å²) < 4.78 is 15.8. The van der Waals surface area contributed by atoms with Gasteiger partial charge in [-0.05, 0) is 17.7 Å². The average Bonchev–Trinajstić information content (AvgIpc) is 2.45. The Labute approximate surface area is 124 Å². The molecule has 6 heteroatoms. The van der Waals surface area contributed by atoms with Crippen LogP contribution in [-0.4, -0.2) is 50.4 Å². The Morgan fingerprint density at radius 3 is 2.19 bits per heavy atom. The van der Waals surface area contributed by atoms with Gasteiger partial charge in [0.2, 0.25) is 5.75 Å². The molecule has 0 spiro atoms. The van der Waals surface area contributed by atoms with Crippen LogP contribution in [0.1, 0.15) is 5.56 Å². The quantitative estimate of drug-likeness (QED) is 0.727. The van der Waals surface area contributed by atoms with Gasteiger partial charge in [-0.25, -0.2) is 0 Å². The Balaban J connectivity index is 3.06. The van der Waals surface area contributed by atoms with Crippen molar-refractivity contribution in [1.29, 1.82) is 0 Å². The molecule has 0 aliphatic carbocycles. The summed E-state index contributed by atoms with van der Waals surface area (Å²) in [5, 5.41) is 8.89. The van der Waals surface area contributed by atoms with Crippen LogP contribution in [0.15, 0.2) is 12.1 Å². The van der Waals surface area contributed by atoms with Gasteiger partial charge in [0.1, 0.15) is 0 Å². The molecular formula is C15H19NO5. The van der Waals surface area contributed by atoms with E-state index in [2.05, 4.69) is 5.92 Å². The van der Waals surface area contributed by atoms with Crippen molar-refractivity contribution in [1.82, 2.24) is 4.90 Å². The van der Waals surface area contributed by atoms with Crippen molar-refractivity contribution in [2.45, 2.75) is 6.54 Å². The topological polar surface area (TPSA) is 68.2 Å². The van der Waals surface area contributed by atoms with E-state index >= 15 is 0 Å². The summed E-state index contributed by atoms with van der Waals surface area (Å²) in [6, 6.07) is 3.54. The van der Waals surface area contributed by atoms with E-state index < -0.39 is 5.97 Å². The number of nitrogens with zero attached hydrogens (tertiary/aromatic N) is 1. The van der Waals surface area contributed by atoms with Crippen molar-refractivity contribution in [3.8, 4) is 29.6 Å². The van der Waals surface area contributed by atoms with Crippen molar-refractivity contribution >= 4 is 5.97 Å². The number of hydrogen-bond acceptors (Lipinski definition) is 5. The van der Waals surface area contributed by atoms with E-state index in [9.17, 15) is 4.79 Å². The molecule has 114 valence electrons. The van der Waals surface area contributed by atoms with E-state index in [0.717, 1.165) is 5.56 Å². The zero-order valence-electron chi connectivity index (χ0n) is 12.4. The number of ether oxygens (including phenoxy) is 3. The summed E-state index contributed by atoms with van der Waals surface area (Å²) in [6.07, 6.45) is 5.26. The molecule has 21 heavy (non-hydrogen) atoms. The van der Waals surface area contributed by atoms with E-state index in [0.29, 0.717) is 23.8 Å². The maximum Gasteiger partial charge on any atom is 0.317 e. The second kappa shape index (κ2) is 8.02. The third-order valence-corrected chi connectivity index (χ3v) is 2.80. The summed E-state index contributed by atoms with van der Waals surface area (Å²) in [4.78, 5) is 12.5. The predicted octanol–water partition coefficient (Wildman–Crippen LogP) is 1.23. The van der Waals surface area contributed by atoms with E-state index in [4.69, 9.17) is 25.7 Å². The Hall–Kier alpha value is -2.39. The lowest BCUT2D eigenvalue weighted by molar-refractivity contribution is -0.138. The van der Waals surface area contributed by atoms with Crippen molar-refractivity contribution in [2.75, 3.05) is 34.4 Å². The van der Waals surface area contributed by atoms with Crippen LogP contribution >= 0.6 is 0 Å². The highest BCUT2D eigenvalue weighted by molar-refractivity contribution is 5.69. The minimum Gasteiger partial charge on any atom is -0.493 e. The molecule has 1 aromatic carbocycles. The second-order valence-corrected chi connectivity index (χ2v) is 4.28. The van der Waals surface area contributed by atoms with Crippen LogP contribution in [0, 0.1) is 12.3 Å². The minimum absolute atomic E-state index is 0.138. The largest absolute Gasteiger partial charge is 0.493 e. The normalized spacial score (nSPS) is 10.0. The van der Waals surface area contributed by atoms with Gasteiger partial charge in [0.15, 0.2) is 11.5 Å². The van der Waals surface area contributed by atoms with Gasteiger partial charge < -0.3 is 19.3 Å². The summed E-state index contributed by atoms with van der Waals surface area (Å²) in [5.41, 5.74) is 0.820. The van der Waals surface area contributed by atoms with Crippen LogP contribution in [0.2, 0.25) is 0 Å². The van der Waals surface area contributed by atoms with Crippen molar-refractivity contribution in [3.63, 3.8) is 0 Å². The number of terminal acetylenes is 1. The smallest absolute Gasteiger partial charge is 0.317 e. The molecule has 1 rings (SSSR count). The Morgan fingerprint density at radius 2 is 1.81 bits per heavy atom. The lowest BCUT2D eigenvalue weighted by atomic mass is 10.1. The fourth-order valence-corrected chi connectivity index (χ4v) is 1.97. The van der Waals surface area contributed by atoms with E-state index in [-0.39, 0.29) is 13.1 Å². The number of benzene rings is 1. The number of methoxy groups -OCH3 is 3. The molecule has 6 nitrogen and oxygen atoms in total. The molecule has 1 N–H and O–H groups in total. The number of rotatable bonds is 8. The predicted molar refractivity (Wildman–Crippen MR) is 77.8 cm³/mol. The Bertz CT molecular complexity index is 510. The van der Waals surface area contributed by atoms with Crippen LogP contribution in [-0.2, 0) is 11.3 Å². The first kappa shape index (κ1) is 16.7. The van der Waals surface area contributed by atoms with E-state index in [1.165, 1.54) is 21.3 Å². The average molecular weight is 293 g/mol. The fraction of sp³-hybridized carbons (Fsp3) is 0.400. The van der Waals surface area contributed by atoms with Crippen LogP contribution in [0.3, 0.4) is 0 Å². The first-order chi connectivity index (χ1) is 10.0. The van der Waals surface area contributed by atoms with Crippen LogP contribution < -0.4 is 14.2 Å². The molecule has 0 aliphatic heterocycles. The lowest BCUT2D eigenvalue weighted by Gasteiger charge is -2.19. The van der Waals surface area contributed by atoms with Gasteiger partial charge in [0, 0.05) is 6.54 Å². The molecule has 0 aliphatic rings. The number of hydrogen-bond donors (Lipinski definition) is 1. The maximum absolute atomic E-state index is 10.8. The molecule has 0 amide bonds. The highest BCUT2D eigenvalue weighted by Gasteiger charge is 2.16. The maximum atomic E-state index is 10.8. The highest BCUT2D eigenvalue weighted by Crippen LogP contribution is 2.38. The summed E-state index contributed by atoms with van der Waals surface area (Å²) >= 11 is 0. The Kier molecular flexibility index (Phi) is 6.37.